The van der Waals surface area contributed by atoms with Crippen molar-refractivity contribution >= 4 is 128 Å². The quantitative estimate of drug-likeness (QED) is 0.0152. The van der Waals surface area contributed by atoms with Crippen LogP contribution in [0.4, 0.5) is 0 Å². The summed E-state index contributed by atoms with van der Waals surface area (Å²) in [4.78, 5) is 198. The average Bonchev–Trinajstić information content (AvgIpc) is 1.77. The molecule has 0 saturated carbocycles. The number of hydrogen-bond acceptors (Lipinski definition) is 19. The number of phenols is 1. The fourth-order valence-corrected chi connectivity index (χ4v) is 14.2. The Balaban J connectivity index is 1.44. The SMILES string of the molecule is CC[C@H](C)[C@@H]1NC(=O)[C@H](CCCNC(=N)N)NC(=O)[C@H]([C@@H](C)CC)N(C)C(=O)[C@H](Cc2ccc(O)cc2)NC(=O)CSC[C@@H](C(N)=O)NC(=O)[C@H](Cc2c[nH]c3ccccc23)NC(=O)[C@H](CC(C)C)NC(=O)[C@H](Cc2c[nH]c3ccccc23)NC(=O)CNC(=O)[C@H](CO)NC(=O)[C@H](CCCNC(=N)N)NC(=O)[C@H](CCCNC(=N)N)NC1=O. The lowest BCUT2D eigenvalue weighted by Crippen LogP contribution is -2.62. The fourth-order valence-electron chi connectivity index (χ4n) is 13.3. The van der Waals surface area contributed by atoms with Gasteiger partial charge in [-0.25, -0.2) is 0 Å². The van der Waals surface area contributed by atoms with Gasteiger partial charge in [0, 0.05) is 85.9 Å². The largest absolute Gasteiger partial charge is 0.508 e. The molecule has 2 aromatic heterocycles. The van der Waals surface area contributed by atoms with Gasteiger partial charge in [0.25, 0.3) is 0 Å². The van der Waals surface area contributed by atoms with Crippen molar-refractivity contribution in [3.05, 3.63) is 102 Å². The summed E-state index contributed by atoms with van der Waals surface area (Å²) in [6, 6.07) is 3.39. The number of amides is 13. The maximum Gasteiger partial charge on any atom is 0.245 e. The third kappa shape index (κ3) is 29.8. The van der Waals surface area contributed by atoms with Gasteiger partial charge in [-0.15, -0.1) is 11.8 Å². The Morgan fingerprint density at radius 3 is 1.43 bits per heavy atom. The lowest BCUT2D eigenvalue weighted by Gasteiger charge is -2.35. The maximum atomic E-state index is 15.2. The molecule has 1 aliphatic rings. The summed E-state index contributed by atoms with van der Waals surface area (Å²) in [6.07, 6.45) is 2.72. The van der Waals surface area contributed by atoms with Crippen LogP contribution in [0.5, 0.6) is 5.75 Å². The van der Waals surface area contributed by atoms with Gasteiger partial charge in [-0.1, -0.05) is 103 Å². The summed E-state index contributed by atoms with van der Waals surface area (Å²) in [6.45, 7) is 8.43. The number of nitrogens with two attached hydrogens (primary N) is 4. The second-order valence-electron chi connectivity index (χ2n) is 29.7. The van der Waals surface area contributed by atoms with E-state index in [-0.39, 0.29) is 114 Å². The van der Waals surface area contributed by atoms with Gasteiger partial charge in [-0.05, 0) is 104 Å². The number of aromatic amines is 2. The number of benzene rings is 3. The van der Waals surface area contributed by atoms with E-state index in [1.165, 1.54) is 31.3 Å². The molecule has 6 rings (SSSR count). The van der Waals surface area contributed by atoms with E-state index in [1.54, 1.807) is 102 Å². The summed E-state index contributed by atoms with van der Waals surface area (Å²) in [7, 11) is 1.34. The molecule has 0 radical (unpaired) electrons. The predicted octanol–water partition coefficient (Wildman–Crippen LogP) is -2.67. The molecule has 40 heteroatoms. The van der Waals surface area contributed by atoms with E-state index in [1.807, 2.05) is 0 Å². The van der Waals surface area contributed by atoms with Gasteiger partial charge in [0.15, 0.2) is 17.9 Å². The number of aromatic nitrogens is 2. The van der Waals surface area contributed by atoms with Crippen LogP contribution < -0.4 is 97.4 Å². The Hall–Kier alpha value is -12.2. The molecule has 1 fully saturated rings. The van der Waals surface area contributed by atoms with Crippen LogP contribution in [-0.4, -0.2) is 238 Å². The van der Waals surface area contributed by atoms with Crippen molar-refractivity contribution in [2.75, 3.05) is 51.3 Å². The molecule has 1 saturated heterocycles. The summed E-state index contributed by atoms with van der Waals surface area (Å²) < 4.78 is 0. The van der Waals surface area contributed by atoms with Gasteiger partial charge >= 0.3 is 0 Å². The first-order chi connectivity index (χ1) is 56.1. The second-order valence-corrected chi connectivity index (χ2v) is 30.7. The van der Waals surface area contributed by atoms with Crippen LogP contribution in [0.1, 0.15) is 116 Å². The van der Waals surface area contributed by atoms with Gasteiger partial charge in [-0.3, -0.25) is 78.6 Å². The van der Waals surface area contributed by atoms with Crippen LogP contribution >= 0.6 is 11.8 Å². The Bertz CT molecular complexity index is 4330. The second kappa shape index (κ2) is 47.1. The van der Waals surface area contributed by atoms with Crippen LogP contribution in [0.15, 0.2) is 85.2 Å². The van der Waals surface area contributed by atoms with Crippen molar-refractivity contribution < 1.29 is 72.5 Å². The standard InChI is InChI=1S/C78H116N24O15S/c1-8-42(5)63-73(115)95-53(22-15-29-87-77(82)83)67(109)94-52(21-14-28-86-76(80)81)68(110)99-59(38-103)66(108)91-37-61(105)92-56(33-45-35-89-50-19-12-10-17-48(45)50)71(113)97-55(31-41(3)4)70(112)98-57(34-46-36-90-51-20-13-11-18-49(46)51)72(114)100-60(65(79)107)39-118-40-62(106)93-58(32-44-24-26-47(104)27-25-44)75(117)102(7)64(43(6)9-2)74(116)96-54(69(111)101-63)23-16-30-88-78(84)85/h10-13,17-20,24-27,35-36,41-43,52-60,63-64,89-90,103-104H,8-9,14-16,21-23,28-34,37-40H2,1-7H3,(H2,79,107)(H,91,108)(H,92,105)(H,93,106)(H,94,109)(H,95,115)(H,96,116)(H,97,113)(H,98,112)(H,99,110)(H,100,114)(H,101,111)(H4,80,81,86)(H4,82,83,87)(H4,84,85,88)/t42-,43-,52-,53-,54-,55-,56-,57-,58-,59-,60-,63-,64-/m0/s1. The molecule has 3 heterocycles. The van der Waals surface area contributed by atoms with E-state index in [2.05, 4.69) is 84.4 Å². The fraction of sp³-hybridized carbons (Fsp3) is 0.513. The first-order valence-corrected chi connectivity index (χ1v) is 40.4. The third-order valence-corrected chi connectivity index (χ3v) is 21.1. The molecule has 3 aromatic carbocycles. The molecular formula is C78H116N24O15S. The topological polar surface area (TPSA) is 641 Å². The minimum atomic E-state index is -1.82. The first kappa shape index (κ1) is 94.6. The number of nitrogens with one attached hydrogen (secondary N) is 19. The Labute approximate surface area is 687 Å². The highest BCUT2D eigenvalue weighted by Gasteiger charge is 2.40. The smallest absolute Gasteiger partial charge is 0.245 e. The molecule has 29 N–H and O–H groups in total. The number of primary amides is 1. The van der Waals surface area contributed by atoms with E-state index in [0.717, 1.165) is 16.7 Å². The number of fused-ring (bicyclic) bond motifs is 2. The van der Waals surface area contributed by atoms with E-state index >= 15 is 9.59 Å². The molecule has 13 amide bonds. The summed E-state index contributed by atoms with van der Waals surface area (Å²) in [5, 5.41) is 82.6. The molecule has 39 nitrogen and oxygen atoms in total. The lowest BCUT2D eigenvalue weighted by atomic mass is 9.94. The normalized spacial score (nSPS) is 22.8. The predicted molar refractivity (Wildman–Crippen MR) is 444 cm³/mol. The number of nitrogens with zero attached hydrogens (tertiary/aromatic N) is 1. The number of aromatic hydroxyl groups is 1. The van der Waals surface area contributed by atoms with Crippen LogP contribution in [0.3, 0.4) is 0 Å². The zero-order valence-electron chi connectivity index (χ0n) is 67.5. The van der Waals surface area contributed by atoms with E-state index in [9.17, 15) is 63.0 Å². The van der Waals surface area contributed by atoms with Crippen molar-refractivity contribution in [3.8, 4) is 5.75 Å². The van der Waals surface area contributed by atoms with Gasteiger partial charge in [0.2, 0.25) is 76.8 Å². The number of likely N-dealkylation sites (N-methyl/N-ethyl adjacent to an activating group) is 1. The van der Waals surface area contributed by atoms with Crippen molar-refractivity contribution in [1.29, 1.82) is 16.2 Å². The monoisotopic (exact) mass is 1660 g/mol. The van der Waals surface area contributed by atoms with Gasteiger partial charge in [0.05, 0.1) is 18.9 Å². The zero-order chi connectivity index (χ0) is 86.9. The van der Waals surface area contributed by atoms with Gasteiger partial charge in [0.1, 0.15) is 72.2 Å². The molecule has 118 heavy (non-hydrogen) atoms. The molecule has 1 aliphatic heterocycles. The number of para-hydroxylation sites is 2. The molecule has 0 aliphatic carbocycles. The van der Waals surface area contributed by atoms with Crippen LogP contribution in [-0.2, 0) is 81.6 Å². The molecule has 13 atom stereocenters. The highest BCUT2D eigenvalue weighted by Crippen LogP contribution is 2.24. The average molecular weight is 1660 g/mol. The number of carbonyl (C=O) groups excluding carboxylic acids is 13. The van der Waals surface area contributed by atoms with E-state index < -0.39 is 192 Å². The molecular weight excluding hydrogens is 1550 g/mol. The zero-order valence-corrected chi connectivity index (χ0v) is 68.3. The van der Waals surface area contributed by atoms with Crippen molar-refractivity contribution in [2.45, 2.75) is 185 Å². The molecule has 0 unspecified atom stereocenters. The number of H-pyrrole nitrogens is 2. The van der Waals surface area contributed by atoms with Crippen LogP contribution in [0.2, 0.25) is 0 Å². The summed E-state index contributed by atoms with van der Waals surface area (Å²) >= 11 is 0.847. The van der Waals surface area contributed by atoms with Gasteiger partial charge < -0.3 is 122 Å². The highest BCUT2D eigenvalue weighted by atomic mass is 32.2. The molecule has 5 aromatic rings. The number of hydrogen-bond donors (Lipinski definition) is 25. The summed E-state index contributed by atoms with van der Waals surface area (Å²) in [5.74, 6) is -15.8. The number of aliphatic hydroxyl groups excluding tert-OH is 1. The summed E-state index contributed by atoms with van der Waals surface area (Å²) in [5.41, 5.74) is 25.6. The van der Waals surface area contributed by atoms with Crippen molar-refractivity contribution in [3.63, 3.8) is 0 Å². The minimum absolute atomic E-state index is 0.00367. The number of thioether (sulfide) groups is 1. The highest BCUT2D eigenvalue weighted by molar-refractivity contribution is 8.00. The van der Waals surface area contributed by atoms with E-state index in [0.29, 0.717) is 38.5 Å². The number of rotatable bonds is 26. The third-order valence-electron chi connectivity index (χ3n) is 20.1. The van der Waals surface area contributed by atoms with Crippen LogP contribution in [0, 0.1) is 34.0 Å². The van der Waals surface area contributed by atoms with Gasteiger partial charge in [-0.2, -0.15) is 0 Å². The Morgan fingerprint density at radius 1 is 0.508 bits per heavy atom. The Morgan fingerprint density at radius 2 is 0.941 bits per heavy atom. The molecule has 644 valence electrons. The number of guanidine groups is 3. The number of carbonyl (C=O) groups is 13. The Kier molecular flexibility index (Phi) is 37.8. The van der Waals surface area contributed by atoms with Crippen LogP contribution in [0.25, 0.3) is 21.8 Å². The maximum absolute atomic E-state index is 15.2. The molecule has 0 spiro atoms. The minimum Gasteiger partial charge on any atom is -0.508 e. The molecule has 0 bridgehead atoms. The lowest BCUT2D eigenvalue weighted by molar-refractivity contribution is -0.144. The first-order valence-electron chi connectivity index (χ1n) is 39.3. The number of phenolic OH excluding ortho intramolecular Hbond substituents is 1. The van der Waals surface area contributed by atoms with Crippen molar-refractivity contribution in [2.24, 2.45) is 40.7 Å². The van der Waals surface area contributed by atoms with Crippen molar-refractivity contribution in [1.82, 2.24) is 89.3 Å². The number of aliphatic hydroxyl groups is 1. The van der Waals surface area contributed by atoms with E-state index in [4.69, 9.17) is 39.2 Å².